The molecule has 1 heterocycles. The van der Waals surface area contributed by atoms with E-state index in [2.05, 4.69) is 31.5 Å². The monoisotopic (exact) mass is 533 g/mol. The summed E-state index contributed by atoms with van der Waals surface area (Å²) in [7, 11) is 3.42. The molecule has 2 aromatic carbocycles. The average Bonchev–Trinajstić information content (AvgIpc) is 2.79. The van der Waals surface area contributed by atoms with E-state index >= 15 is 0 Å². The lowest BCUT2D eigenvalue weighted by molar-refractivity contribution is -0.137. The van der Waals surface area contributed by atoms with E-state index in [4.69, 9.17) is 5.41 Å². The Kier molecular flexibility index (Phi) is 7.35. The normalized spacial score (nSPS) is 11.0. The fourth-order valence-electron chi connectivity index (χ4n) is 2.88. The number of amidine groups is 1. The number of pyridine rings is 1. The highest BCUT2D eigenvalue weighted by atomic mass is 79.9. The second-order valence-electron chi connectivity index (χ2n) is 7.35. The third-order valence-corrected chi connectivity index (χ3v) is 5.15. The van der Waals surface area contributed by atoms with Crippen molar-refractivity contribution in [2.24, 2.45) is 0 Å². The second-order valence-corrected chi connectivity index (χ2v) is 8.26. The summed E-state index contributed by atoms with van der Waals surface area (Å²) in [5.41, 5.74) is -0.725. The predicted molar refractivity (Wildman–Crippen MR) is 126 cm³/mol. The van der Waals surface area contributed by atoms with Crippen LogP contribution in [-0.4, -0.2) is 41.6 Å². The van der Waals surface area contributed by atoms with Gasteiger partial charge in [-0.2, -0.15) is 13.2 Å². The molecule has 3 rings (SSSR count). The van der Waals surface area contributed by atoms with Crippen LogP contribution in [0.15, 0.2) is 65.3 Å². The third kappa shape index (κ3) is 5.98. The molecule has 0 unspecified atom stereocenters. The van der Waals surface area contributed by atoms with E-state index in [1.54, 1.807) is 37.2 Å². The summed E-state index contributed by atoms with van der Waals surface area (Å²) in [6.07, 6.45) is -3.26. The van der Waals surface area contributed by atoms with Gasteiger partial charge in [0.15, 0.2) is 0 Å². The first-order chi connectivity index (χ1) is 16.0. The smallest absolute Gasteiger partial charge is 0.363 e. The van der Waals surface area contributed by atoms with Crippen molar-refractivity contribution in [2.75, 3.05) is 24.7 Å². The van der Waals surface area contributed by atoms with Gasteiger partial charge in [-0.05, 0) is 58.4 Å². The van der Waals surface area contributed by atoms with E-state index in [-0.39, 0.29) is 28.5 Å². The summed E-state index contributed by atoms with van der Waals surface area (Å²) < 4.78 is 40.4. The zero-order valence-corrected chi connectivity index (χ0v) is 19.6. The molecular weight excluding hydrogens is 515 g/mol. The Morgan fingerprint density at radius 2 is 1.59 bits per heavy atom. The van der Waals surface area contributed by atoms with Crippen LogP contribution in [0.3, 0.4) is 0 Å². The zero-order valence-electron chi connectivity index (χ0n) is 18.0. The maximum absolute atomic E-state index is 13.3. The minimum absolute atomic E-state index is 0.0993. The van der Waals surface area contributed by atoms with Crippen LogP contribution in [0.4, 0.5) is 24.7 Å². The van der Waals surface area contributed by atoms with Crippen molar-refractivity contribution < 1.29 is 22.8 Å². The van der Waals surface area contributed by atoms with Gasteiger partial charge in [-0.1, -0.05) is 12.1 Å². The van der Waals surface area contributed by atoms with Gasteiger partial charge in [-0.25, -0.2) is 4.98 Å². The number of nitrogens with zero attached hydrogens (tertiary/aromatic N) is 2. The molecule has 0 radical (unpaired) electrons. The van der Waals surface area contributed by atoms with Crippen molar-refractivity contribution in [3.8, 4) is 0 Å². The molecule has 3 aromatic rings. The molecule has 0 atom stereocenters. The van der Waals surface area contributed by atoms with E-state index < -0.39 is 23.6 Å². The number of aromatic nitrogens is 1. The lowest BCUT2D eigenvalue weighted by atomic mass is 10.1. The highest BCUT2D eigenvalue weighted by Crippen LogP contribution is 2.32. The molecule has 0 aliphatic rings. The molecule has 11 heteroatoms. The number of amides is 2. The van der Waals surface area contributed by atoms with Crippen LogP contribution in [0.2, 0.25) is 0 Å². The van der Waals surface area contributed by atoms with Crippen LogP contribution < -0.4 is 10.6 Å². The second kappa shape index (κ2) is 10.0. The lowest BCUT2D eigenvalue weighted by Gasteiger charge is -2.15. The van der Waals surface area contributed by atoms with Gasteiger partial charge in [-0.3, -0.25) is 15.0 Å². The van der Waals surface area contributed by atoms with Crippen LogP contribution in [0.1, 0.15) is 31.8 Å². The van der Waals surface area contributed by atoms with E-state index in [1.165, 1.54) is 24.4 Å². The van der Waals surface area contributed by atoms with Gasteiger partial charge >= 0.3 is 6.18 Å². The number of halogens is 4. The standard InChI is InChI=1S/C23H19BrF3N5O2/c1-32(2)20(28)13-3-5-14(6-4-13)21(33)30-18-9-7-15(23(25,26)27)11-17(18)22(34)31-19-10-8-16(24)12-29-19/h3-12,28H,1-2H3,(H,30,33)(H,29,31,34). The van der Waals surface area contributed by atoms with Gasteiger partial charge < -0.3 is 15.5 Å². The Morgan fingerprint density at radius 3 is 2.15 bits per heavy atom. The Labute approximate surface area is 201 Å². The van der Waals surface area contributed by atoms with Crippen LogP contribution in [-0.2, 0) is 6.18 Å². The summed E-state index contributed by atoms with van der Waals surface area (Å²) in [6.45, 7) is 0. The first-order valence-electron chi connectivity index (χ1n) is 9.77. The number of nitrogens with one attached hydrogen (secondary N) is 3. The highest BCUT2D eigenvalue weighted by Gasteiger charge is 2.32. The Balaban J connectivity index is 1.89. The third-order valence-electron chi connectivity index (χ3n) is 4.68. The predicted octanol–water partition coefficient (Wildman–Crippen LogP) is 5.25. The highest BCUT2D eigenvalue weighted by molar-refractivity contribution is 9.10. The Hall–Kier alpha value is -3.73. The maximum Gasteiger partial charge on any atom is 0.416 e. The molecule has 0 saturated carbocycles. The van der Waals surface area contributed by atoms with Crippen molar-refractivity contribution >= 4 is 45.1 Å². The average molecular weight is 534 g/mol. The molecule has 3 N–H and O–H groups in total. The van der Waals surface area contributed by atoms with Crippen LogP contribution in [0, 0.1) is 5.41 Å². The molecular formula is C23H19BrF3N5O2. The molecule has 2 amide bonds. The maximum atomic E-state index is 13.3. The van der Waals surface area contributed by atoms with E-state index in [1.807, 2.05) is 0 Å². The summed E-state index contributed by atoms with van der Waals surface area (Å²) in [5, 5.41) is 12.9. The topological polar surface area (TPSA) is 98.2 Å². The lowest BCUT2D eigenvalue weighted by Crippen LogP contribution is -2.22. The number of rotatable bonds is 5. The number of alkyl halides is 3. The van der Waals surface area contributed by atoms with Crippen molar-refractivity contribution in [3.63, 3.8) is 0 Å². The summed E-state index contributed by atoms with van der Waals surface area (Å²) >= 11 is 3.21. The van der Waals surface area contributed by atoms with Gasteiger partial charge in [0.05, 0.1) is 16.8 Å². The van der Waals surface area contributed by atoms with Gasteiger partial charge in [0.2, 0.25) is 0 Å². The van der Waals surface area contributed by atoms with Gasteiger partial charge in [-0.15, -0.1) is 0 Å². The summed E-state index contributed by atoms with van der Waals surface area (Å²) in [6, 6.07) is 11.7. The van der Waals surface area contributed by atoms with Crippen molar-refractivity contribution in [2.45, 2.75) is 6.18 Å². The fraction of sp³-hybridized carbons (Fsp3) is 0.130. The molecule has 0 aliphatic carbocycles. The SMILES string of the molecule is CN(C)C(=N)c1ccc(C(=O)Nc2ccc(C(F)(F)F)cc2C(=O)Nc2ccc(Br)cn2)cc1. The molecule has 0 spiro atoms. The molecule has 0 saturated heterocycles. The molecule has 7 nitrogen and oxygen atoms in total. The molecule has 1 aromatic heterocycles. The number of benzene rings is 2. The van der Waals surface area contributed by atoms with Crippen molar-refractivity contribution in [3.05, 3.63) is 87.5 Å². The first kappa shape index (κ1) is 24.9. The number of carbonyl (C=O) groups excluding carboxylic acids is 2. The van der Waals surface area contributed by atoms with Crippen molar-refractivity contribution in [1.82, 2.24) is 9.88 Å². The first-order valence-corrected chi connectivity index (χ1v) is 10.6. The van der Waals surface area contributed by atoms with Gasteiger partial charge in [0.1, 0.15) is 11.7 Å². The summed E-state index contributed by atoms with van der Waals surface area (Å²) in [4.78, 5) is 31.1. The van der Waals surface area contributed by atoms with Crippen LogP contribution in [0.25, 0.3) is 0 Å². The number of carbonyl (C=O) groups is 2. The quantitative estimate of drug-likeness (QED) is 0.308. The minimum Gasteiger partial charge on any atom is -0.363 e. The van der Waals surface area contributed by atoms with E-state index in [0.717, 1.165) is 12.1 Å². The largest absolute Gasteiger partial charge is 0.416 e. The zero-order chi connectivity index (χ0) is 25.0. The Morgan fingerprint density at radius 1 is 0.941 bits per heavy atom. The number of hydrogen-bond donors (Lipinski definition) is 3. The Bertz CT molecular complexity index is 1230. The number of hydrogen-bond acceptors (Lipinski definition) is 4. The van der Waals surface area contributed by atoms with Crippen molar-refractivity contribution in [1.29, 1.82) is 5.41 Å². The molecule has 0 fully saturated rings. The molecule has 176 valence electrons. The molecule has 34 heavy (non-hydrogen) atoms. The molecule has 0 bridgehead atoms. The fourth-order valence-corrected chi connectivity index (χ4v) is 3.12. The van der Waals surface area contributed by atoms with E-state index in [0.29, 0.717) is 16.1 Å². The molecule has 0 aliphatic heterocycles. The van der Waals surface area contributed by atoms with Gasteiger partial charge in [0.25, 0.3) is 11.8 Å². The van der Waals surface area contributed by atoms with E-state index in [9.17, 15) is 22.8 Å². The number of anilines is 2. The van der Waals surface area contributed by atoms with Crippen LogP contribution >= 0.6 is 15.9 Å². The van der Waals surface area contributed by atoms with Gasteiger partial charge in [0, 0.05) is 35.9 Å². The van der Waals surface area contributed by atoms with Crippen LogP contribution in [0.5, 0.6) is 0 Å². The minimum atomic E-state index is -4.68. The summed E-state index contributed by atoms with van der Waals surface area (Å²) in [5.74, 6) is -1.12.